The molecule has 0 aliphatic heterocycles. The summed E-state index contributed by atoms with van der Waals surface area (Å²) < 4.78 is 0. The van der Waals surface area contributed by atoms with Gasteiger partial charge in [0.2, 0.25) is 0 Å². The molecule has 1 aromatic heterocycles. The summed E-state index contributed by atoms with van der Waals surface area (Å²) in [6.07, 6.45) is 2.85. The summed E-state index contributed by atoms with van der Waals surface area (Å²) in [5.74, 6) is 0.775. The Kier molecular flexibility index (Phi) is 3.82. The number of aromatic nitrogens is 2. The second kappa shape index (κ2) is 5.78. The molecule has 0 radical (unpaired) electrons. The second-order valence-corrected chi connectivity index (χ2v) is 5.74. The van der Waals surface area contributed by atoms with Gasteiger partial charge in [-0.3, -0.25) is 0 Å². The Bertz CT molecular complexity index is 768. The lowest BCUT2D eigenvalue weighted by molar-refractivity contribution is 0.219. The van der Waals surface area contributed by atoms with Gasteiger partial charge >= 0.3 is 0 Å². The first-order valence-corrected chi connectivity index (χ1v) is 7.42. The van der Waals surface area contributed by atoms with Crippen molar-refractivity contribution in [3.05, 3.63) is 76.6 Å². The van der Waals surface area contributed by atoms with E-state index in [2.05, 4.69) is 29.0 Å². The fourth-order valence-electron chi connectivity index (χ4n) is 3.14. The Labute approximate surface area is 130 Å². The highest BCUT2D eigenvalue weighted by Gasteiger charge is 2.20. The second-order valence-electron chi connectivity index (χ2n) is 5.74. The lowest BCUT2D eigenvalue weighted by Gasteiger charge is -2.20. The van der Waals surface area contributed by atoms with Crippen LogP contribution in [-0.2, 0) is 0 Å². The van der Waals surface area contributed by atoms with Gasteiger partial charge in [0.05, 0.1) is 0 Å². The molecule has 1 heterocycles. The maximum atomic E-state index is 11.0. The van der Waals surface area contributed by atoms with Gasteiger partial charge in [-0.15, -0.1) is 0 Å². The number of benzene rings is 2. The number of H-pyrrole nitrogens is 1. The van der Waals surface area contributed by atoms with Crippen molar-refractivity contribution in [3.8, 4) is 11.4 Å². The average molecular weight is 292 g/mol. The summed E-state index contributed by atoms with van der Waals surface area (Å²) in [5, 5.41) is 11.0. The number of aliphatic hydroxyl groups is 1. The highest BCUT2D eigenvalue weighted by atomic mass is 16.3. The quantitative estimate of drug-likeness (QED) is 0.764. The number of nitrogens with one attached hydrogen (secondary N) is 1. The van der Waals surface area contributed by atoms with E-state index >= 15 is 0 Å². The zero-order valence-electron chi connectivity index (χ0n) is 13.1. The molecule has 2 aromatic carbocycles. The standard InChI is InChI=1S/C19H20N2O/c1-12-10-13(2)17(14(3)11-12)18(22)15-6-4-5-7-16(15)19-20-8-9-21-19/h4-11,18,22H,1-3H3,(H,20,21). The predicted octanol–water partition coefficient (Wildman–Crippen LogP) is 4.08. The zero-order chi connectivity index (χ0) is 15.7. The van der Waals surface area contributed by atoms with Crippen LogP contribution in [0.1, 0.15) is 33.9 Å². The number of hydrogen-bond acceptors (Lipinski definition) is 2. The van der Waals surface area contributed by atoms with Crippen LogP contribution >= 0.6 is 0 Å². The molecule has 0 aliphatic rings. The SMILES string of the molecule is Cc1cc(C)c(C(O)c2ccccc2-c2ncc[nH]2)c(C)c1. The number of hydrogen-bond donors (Lipinski definition) is 2. The van der Waals surface area contributed by atoms with Gasteiger partial charge in [0.1, 0.15) is 11.9 Å². The molecule has 3 rings (SSSR count). The number of aliphatic hydroxyl groups excluding tert-OH is 1. The topological polar surface area (TPSA) is 48.9 Å². The molecule has 0 spiro atoms. The molecule has 0 aliphatic carbocycles. The third-order valence-corrected chi connectivity index (χ3v) is 4.02. The van der Waals surface area contributed by atoms with E-state index in [0.717, 1.165) is 33.6 Å². The normalized spacial score (nSPS) is 12.4. The molecule has 0 amide bonds. The van der Waals surface area contributed by atoms with Crippen LogP contribution in [0.15, 0.2) is 48.8 Å². The van der Waals surface area contributed by atoms with Crippen molar-refractivity contribution < 1.29 is 5.11 Å². The Hall–Kier alpha value is -2.39. The maximum Gasteiger partial charge on any atom is 0.137 e. The van der Waals surface area contributed by atoms with E-state index in [4.69, 9.17) is 0 Å². The van der Waals surface area contributed by atoms with E-state index < -0.39 is 6.10 Å². The van der Waals surface area contributed by atoms with Gasteiger partial charge in [-0.1, -0.05) is 42.0 Å². The number of rotatable bonds is 3. The summed E-state index contributed by atoms with van der Waals surface area (Å²) >= 11 is 0. The molecule has 22 heavy (non-hydrogen) atoms. The average Bonchev–Trinajstić information content (AvgIpc) is 3.00. The Morgan fingerprint density at radius 1 is 1.05 bits per heavy atom. The first kappa shape index (κ1) is 14.5. The predicted molar refractivity (Wildman–Crippen MR) is 88.7 cm³/mol. The van der Waals surface area contributed by atoms with Gasteiger partial charge in [0, 0.05) is 18.0 Å². The molecule has 1 atom stereocenters. The van der Waals surface area contributed by atoms with Crippen LogP contribution < -0.4 is 0 Å². The third kappa shape index (κ3) is 2.55. The van der Waals surface area contributed by atoms with E-state index in [1.807, 2.05) is 38.1 Å². The first-order valence-electron chi connectivity index (χ1n) is 7.42. The summed E-state index contributed by atoms with van der Waals surface area (Å²) in [6, 6.07) is 12.1. The molecule has 112 valence electrons. The van der Waals surface area contributed by atoms with Gasteiger partial charge in [0.15, 0.2) is 0 Å². The summed E-state index contributed by atoms with van der Waals surface area (Å²) in [6.45, 7) is 6.18. The molecule has 0 saturated heterocycles. The lowest BCUT2D eigenvalue weighted by atomic mass is 9.89. The van der Waals surface area contributed by atoms with Crippen molar-refractivity contribution in [2.24, 2.45) is 0 Å². The number of imidazole rings is 1. The molecular formula is C19H20N2O. The monoisotopic (exact) mass is 292 g/mol. The zero-order valence-corrected chi connectivity index (χ0v) is 13.1. The summed E-state index contributed by atoms with van der Waals surface area (Å²) in [5.41, 5.74) is 6.21. The van der Waals surface area contributed by atoms with E-state index in [9.17, 15) is 5.11 Å². The highest BCUT2D eigenvalue weighted by Crippen LogP contribution is 2.33. The Morgan fingerprint density at radius 2 is 1.73 bits per heavy atom. The molecule has 3 heteroatoms. The molecule has 3 nitrogen and oxygen atoms in total. The van der Waals surface area contributed by atoms with Crippen molar-refractivity contribution >= 4 is 0 Å². The molecule has 0 fully saturated rings. The largest absolute Gasteiger partial charge is 0.384 e. The Balaban J connectivity index is 2.13. The van der Waals surface area contributed by atoms with E-state index in [0.29, 0.717) is 0 Å². The van der Waals surface area contributed by atoms with Crippen molar-refractivity contribution in [2.45, 2.75) is 26.9 Å². The third-order valence-electron chi connectivity index (χ3n) is 4.02. The van der Waals surface area contributed by atoms with Crippen LogP contribution in [-0.4, -0.2) is 15.1 Å². The number of nitrogens with zero attached hydrogens (tertiary/aromatic N) is 1. The van der Waals surface area contributed by atoms with E-state index in [1.54, 1.807) is 12.4 Å². The van der Waals surface area contributed by atoms with Crippen molar-refractivity contribution in [1.82, 2.24) is 9.97 Å². The molecule has 0 bridgehead atoms. The van der Waals surface area contributed by atoms with Crippen LogP contribution in [0, 0.1) is 20.8 Å². The van der Waals surface area contributed by atoms with Crippen molar-refractivity contribution in [3.63, 3.8) is 0 Å². The Morgan fingerprint density at radius 3 is 2.36 bits per heavy atom. The maximum absolute atomic E-state index is 11.0. The van der Waals surface area contributed by atoms with E-state index in [1.165, 1.54) is 5.56 Å². The van der Waals surface area contributed by atoms with Crippen LogP contribution in [0.3, 0.4) is 0 Å². The molecular weight excluding hydrogens is 272 g/mol. The van der Waals surface area contributed by atoms with Crippen molar-refractivity contribution in [2.75, 3.05) is 0 Å². The van der Waals surface area contributed by atoms with Crippen LogP contribution in [0.25, 0.3) is 11.4 Å². The lowest BCUT2D eigenvalue weighted by Crippen LogP contribution is -2.07. The molecule has 0 saturated carbocycles. The number of aromatic amines is 1. The van der Waals surface area contributed by atoms with Gasteiger partial charge in [-0.2, -0.15) is 0 Å². The van der Waals surface area contributed by atoms with Gasteiger partial charge in [-0.25, -0.2) is 4.98 Å². The fraction of sp³-hybridized carbons (Fsp3) is 0.211. The summed E-state index contributed by atoms with van der Waals surface area (Å²) in [4.78, 5) is 7.43. The van der Waals surface area contributed by atoms with Crippen LogP contribution in [0.2, 0.25) is 0 Å². The number of aryl methyl sites for hydroxylation is 3. The van der Waals surface area contributed by atoms with Crippen LogP contribution in [0.5, 0.6) is 0 Å². The summed E-state index contributed by atoms with van der Waals surface area (Å²) in [7, 11) is 0. The van der Waals surface area contributed by atoms with Crippen LogP contribution in [0.4, 0.5) is 0 Å². The van der Waals surface area contributed by atoms with E-state index in [-0.39, 0.29) is 0 Å². The van der Waals surface area contributed by atoms with Gasteiger partial charge in [-0.05, 0) is 43.0 Å². The van der Waals surface area contributed by atoms with Gasteiger partial charge < -0.3 is 10.1 Å². The molecule has 3 aromatic rings. The first-order chi connectivity index (χ1) is 10.6. The minimum absolute atomic E-state index is 0.665. The van der Waals surface area contributed by atoms with Gasteiger partial charge in [0.25, 0.3) is 0 Å². The van der Waals surface area contributed by atoms with Crippen molar-refractivity contribution in [1.29, 1.82) is 0 Å². The minimum atomic E-state index is -0.665. The fourth-order valence-corrected chi connectivity index (χ4v) is 3.14. The minimum Gasteiger partial charge on any atom is -0.384 e. The molecule has 1 unspecified atom stereocenters. The highest BCUT2D eigenvalue weighted by molar-refractivity contribution is 5.62. The smallest absolute Gasteiger partial charge is 0.137 e. The molecule has 2 N–H and O–H groups in total.